The molecule has 1 aromatic carbocycles. The molecule has 0 radical (unpaired) electrons. The van der Waals surface area contributed by atoms with E-state index in [0.717, 1.165) is 9.86 Å². The number of hydrogen-bond donors (Lipinski definition) is 1. The van der Waals surface area contributed by atoms with Crippen molar-refractivity contribution in [3.63, 3.8) is 0 Å². The largest absolute Gasteiger partial charge is 0.326 e. The zero-order valence-corrected chi connectivity index (χ0v) is 11.7. The van der Waals surface area contributed by atoms with E-state index in [2.05, 4.69) is 26.2 Å². The molecule has 0 aliphatic carbocycles. The summed E-state index contributed by atoms with van der Waals surface area (Å²) in [7, 11) is 0. The number of anilines is 1. The molecule has 0 atom stereocenters. The highest BCUT2D eigenvalue weighted by molar-refractivity contribution is 9.10. The molecule has 0 unspecified atom stereocenters. The number of carbonyl (C=O) groups is 2. The fraction of sp³-hybridized carbons (Fsp3) is 0.0833. The van der Waals surface area contributed by atoms with Crippen molar-refractivity contribution < 1.29 is 9.59 Å². The van der Waals surface area contributed by atoms with Gasteiger partial charge in [0.15, 0.2) is 0 Å². The van der Waals surface area contributed by atoms with Gasteiger partial charge in [0.25, 0.3) is 5.24 Å². The highest BCUT2D eigenvalue weighted by atomic mass is 79.9. The van der Waals surface area contributed by atoms with E-state index in [0.29, 0.717) is 11.2 Å². The summed E-state index contributed by atoms with van der Waals surface area (Å²) in [4.78, 5) is 26.5. The number of halogens is 2. The van der Waals surface area contributed by atoms with Crippen molar-refractivity contribution in [1.82, 2.24) is 4.98 Å². The number of amides is 1. The molecule has 92 valence electrons. The summed E-state index contributed by atoms with van der Waals surface area (Å²) < 4.78 is 0.855. The van der Waals surface area contributed by atoms with E-state index in [9.17, 15) is 9.59 Å². The normalized spacial score (nSPS) is 10.4. The molecule has 2 aromatic rings. The Bertz CT molecular complexity index is 658. The lowest BCUT2D eigenvalue weighted by atomic mass is 10.1. The van der Waals surface area contributed by atoms with E-state index < -0.39 is 5.24 Å². The molecular weight excluding hydrogens is 320 g/mol. The third-order valence-corrected chi connectivity index (χ3v) is 2.97. The highest BCUT2D eigenvalue weighted by Gasteiger charge is 2.11. The Kier molecular flexibility index (Phi) is 3.63. The number of benzene rings is 1. The first kappa shape index (κ1) is 13.0. The Hall–Kier alpha value is -1.46. The highest BCUT2D eigenvalue weighted by Crippen LogP contribution is 2.27. The number of pyridine rings is 1. The third kappa shape index (κ3) is 2.68. The zero-order valence-electron chi connectivity index (χ0n) is 9.33. The van der Waals surface area contributed by atoms with Crippen LogP contribution in [-0.4, -0.2) is 16.1 Å². The molecule has 1 amide bonds. The summed E-state index contributed by atoms with van der Waals surface area (Å²) in [5.74, 6) is -0.226. The molecule has 0 aliphatic heterocycles. The minimum Gasteiger partial charge on any atom is -0.326 e. The van der Waals surface area contributed by atoms with Gasteiger partial charge in [-0.15, -0.1) is 0 Å². The SMILES string of the molecule is CC(=O)Nc1cc(C(=O)Cl)nc2ccc(Br)cc12. The lowest BCUT2D eigenvalue weighted by Crippen LogP contribution is -2.08. The molecule has 18 heavy (non-hydrogen) atoms. The quantitative estimate of drug-likeness (QED) is 0.861. The van der Waals surface area contributed by atoms with Crippen LogP contribution in [0.4, 0.5) is 5.69 Å². The van der Waals surface area contributed by atoms with Crippen LogP contribution in [0.1, 0.15) is 17.4 Å². The molecule has 1 N–H and O–H groups in total. The summed E-state index contributed by atoms with van der Waals surface area (Å²) >= 11 is 8.77. The molecule has 0 spiro atoms. The van der Waals surface area contributed by atoms with E-state index in [-0.39, 0.29) is 11.6 Å². The summed E-state index contributed by atoms with van der Waals surface area (Å²) in [6.45, 7) is 1.40. The molecule has 0 saturated heterocycles. The van der Waals surface area contributed by atoms with Crippen LogP contribution in [0.15, 0.2) is 28.7 Å². The Morgan fingerprint density at radius 2 is 2.06 bits per heavy atom. The van der Waals surface area contributed by atoms with Crippen LogP contribution in [0, 0.1) is 0 Å². The molecule has 0 saturated carbocycles. The van der Waals surface area contributed by atoms with Gasteiger partial charge >= 0.3 is 0 Å². The Balaban J connectivity index is 2.72. The second kappa shape index (κ2) is 5.04. The van der Waals surface area contributed by atoms with E-state index in [4.69, 9.17) is 11.6 Å². The first-order valence-electron chi connectivity index (χ1n) is 5.05. The van der Waals surface area contributed by atoms with Crippen molar-refractivity contribution in [2.45, 2.75) is 6.92 Å². The van der Waals surface area contributed by atoms with Crippen LogP contribution in [0.5, 0.6) is 0 Å². The van der Waals surface area contributed by atoms with Gasteiger partial charge in [-0.05, 0) is 35.9 Å². The second-order valence-corrected chi connectivity index (χ2v) is 4.93. The van der Waals surface area contributed by atoms with Gasteiger partial charge in [0.05, 0.1) is 11.2 Å². The number of carbonyl (C=O) groups excluding carboxylic acids is 2. The fourth-order valence-electron chi connectivity index (χ4n) is 1.59. The van der Waals surface area contributed by atoms with Gasteiger partial charge in [-0.25, -0.2) is 4.98 Å². The first-order chi connectivity index (χ1) is 8.47. The Labute approximate surface area is 116 Å². The molecular formula is C12H8BrClN2O2. The number of nitrogens with zero attached hydrogens (tertiary/aromatic N) is 1. The standard InChI is InChI=1S/C12H8BrClN2O2/c1-6(17)15-10-5-11(12(14)18)16-9-3-2-7(13)4-8(9)10/h2-5H,1H3,(H,15,16,17). The first-order valence-corrected chi connectivity index (χ1v) is 6.22. The van der Waals surface area contributed by atoms with Crippen molar-refractivity contribution in [2.75, 3.05) is 5.32 Å². The fourth-order valence-corrected chi connectivity index (χ4v) is 2.05. The predicted molar refractivity (Wildman–Crippen MR) is 73.9 cm³/mol. The lowest BCUT2D eigenvalue weighted by Gasteiger charge is -2.08. The van der Waals surface area contributed by atoms with Crippen LogP contribution in [-0.2, 0) is 4.79 Å². The van der Waals surface area contributed by atoms with E-state index in [1.54, 1.807) is 12.1 Å². The van der Waals surface area contributed by atoms with Crippen LogP contribution < -0.4 is 5.32 Å². The molecule has 6 heteroatoms. The van der Waals surface area contributed by atoms with Gasteiger partial charge in [0, 0.05) is 16.8 Å². The van der Waals surface area contributed by atoms with E-state index in [1.807, 2.05) is 6.07 Å². The Morgan fingerprint density at radius 1 is 1.33 bits per heavy atom. The number of fused-ring (bicyclic) bond motifs is 1. The van der Waals surface area contributed by atoms with Gasteiger partial charge in [0.1, 0.15) is 5.69 Å². The topological polar surface area (TPSA) is 59.1 Å². The summed E-state index contributed by atoms with van der Waals surface area (Å²) in [5.41, 5.74) is 1.21. The summed E-state index contributed by atoms with van der Waals surface area (Å²) in [5, 5.41) is 2.74. The average molecular weight is 328 g/mol. The van der Waals surface area contributed by atoms with Gasteiger partial charge in [0.2, 0.25) is 5.91 Å². The zero-order chi connectivity index (χ0) is 13.3. The lowest BCUT2D eigenvalue weighted by molar-refractivity contribution is -0.114. The van der Waals surface area contributed by atoms with E-state index >= 15 is 0 Å². The molecule has 0 aliphatic rings. The number of rotatable bonds is 2. The molecule has 4 nitrogen and oxygen atoms in total. The molecule has 0 bridgehead atoms. The Morgan fingerprint density at radius 3 is 2.67 bits per heavy atom. The van der Waals surface area contributed by atoms with Crippen LogP contribution in [0.25, 0.3) is 10.9 Å². The number of aromatic nitrogens is 1. The van der Waals surface area contributed by atoms with Gasteiger partial charge in [-0.3, -0.25) is 9.59 Å². The van der Waals surface area contributed by atoms with Crippen molar-refractivity contribution >= 4 is 55.3 Å². The van der Waals surface area contributed by atoms with Gasteiger partial charge in [-0.2, -0.15) is 0 Å². The molecule has 0 fully saturated rings. The second-order valence-electron chi connectivity index (χ2n) is 3.67. The van der Waals surface area contributed by atoms with Crippen molar-refractivity contribution in [3.05, 3.63) is 34.4 Å². The maximum absolute atomic E-state index is 11.2. The minimum atomic E-state index is -0.661. The maximum atomic E-state index is 11.2. The van der Waals surface area contributed by atoms with Crippen molar-refractivity contribution in [2.24, 2.45) is 0 Å². The molecule has 1 aromatic heterocycles. The molecule has 1 heterocycles. The van der Waals surface area contributed by atoms with E-state index in [1.165, 1.54) is 13.0 Å². The third-order valence-electron chi connectivity index (χ3n) is 2.28. The predicted octanol–water partition coefficient (Wildman–Crippen LogP) is 3.33. The van der Waals surface area contributed by atoms with Crippen LogP contribution in [0.2, 0.25) is 0 Å². The number of nitrogens with one attached hydrogen (secondary N) is 1. The summed E-state index contributed by atoms with van der Waals surface area (Å²) in [6.07, 6.45) is 0. The van der Waals surface area contributed by atoms with Crippen molar-refractivity contribution in [1.29, 1.82) is 0 Å². The van der Waals surface area contributed by atoms with Crippen LogP contribution in [0.3, 0.4) is 0 Å². The molecule has 2 rings (SSSR count). The van der Waals surface area contributed by atoms with Gasteiger partial charge < -0.3 is 5.32 Å². The summed E-state index contributed by atoms with van der Waals surface area (Å²) in [6, 6.07) is 6.82. The van der Waals surface area contributed by atoms with Crippen LogP contribution >= 0.6 is 27.5 Å². The smallest absolute Gasteiger partial charge is 0.270 e. The van der Waals surface area contributed by atoms with Gasteiger partial charge in [-0.1, -0.05) is 15.9 Å². The average Bonchev–Trinajstić information content (AvgIpc) is 2.28. The monoisotopic (exact) mass is 326 g/mol. The minimum absolute atomic E-state index is 0.107. The maximum Gasteiger partial charge on any atom is 0.270 e. The number of hydrogen-bond acceptors (Lipinski definition) is 3. The van der Waals surface area contributed by atoms with Crippen molar-refractivity contribution in [3.8, 4) is 0 Å².